The highest BCUT2D eigenvalue weighted by Gasteiger charge is 2.20. The van der Waals surface area contributed by atoms with Gasteiger partial charge in [0.05, 0.1) is 6.54 Å². The van der Waals surface area contributed by atoms with Crippen LogP contribution < -0.4 is 0 Å². The molecule has 0 saturated heterocycles. The van der Waals surface area contributed by atoms with E-state index in [2.05, 4.69) is 151 Å². The van der Waals surface area contributed by atoms with Gasteiger partial charge in [0.2, 0.25) is 0 Å². The van der Waals surface area contributed by atoms with Crippen molar-refractivity contribution in [2.45, 2.75) is 6.54 Å². The molecular formula is C54H35N3O2. The predicted molar refractivity (Wildman–Crippen MR) is 246 cm³/mol. The smallest absolute Gasteiger partial charge is 0.161 e. The van der Waals surface area contributed by atoms with Crippen molar-refractivity contribution in [1.29, 1.82) is 0 Å². The van der Waals surface area contributed by atoms with Crippen molar-refractivity contribution >= 4 is 83.8 Å². The summed E-state index contributed by atoms with van der Waals surface area (Å²) in [5.74, 6) is 1.04. The molecule has 278 valence electrons. The summed E-state index contributed by atoms with van der Waals surface area (Å²) in [6.07, 6.45) is 0. The monoisotopic (exact) mass is 757 g/mol. The van der Waals surface area contributed by atoms with Crippen molar-refractivity contribution in [3.05, 3.63) is 205 Å². The zero-order valence-corrected chi connectivity index (χ0v) is 32.0. The average Bonchev–Trinajstić information content (AvgIpc) is 3.88. The molecule has 5 nitrogen and oxygen atoms in total. The lowest BCUT2D eigenvalue weighted by molar-refractivity contribution is 0.668. The van der Waals surface area contributed by atoms with Crippen molar-refractivity contribution in [3.63, 3.8) is 0 Å². The summed E-state index contributed by atoms with van der Waals surface area (Å²) >= 11 is 0. The minimum Gasteiger partial charge on any atom is -0.456 e. The van der Waals surface area contributed by atoms with Gasteiger partial charge in [0.1, 0.15) is 22.3 Å². The SMILES string of the molecule is C=NC(=NC(=NCc1ccccc1)c1cccc2oc3ccccc3c12)c1ccc(-c2cccc3oc4ccc(-c5cccc6ccccc56)cc4c23)c2ccccc12. The van der Waals surface area contributed by atoms with E-state index in [4.69, 9.17) is 18.8 Å². The van der Waals surface area contributed by atoms with Gasteiger partial charge in [-0.1, -0.05) is 152 Å². The number of aliphatic imine (C=N–C) groups is 3. The van der Waals surface area contributed by atoms with Crippen LogP contribution in [0.3, 0.4) is 0 Å². The fourth-order valence-corrected chi connectivity index (χ4v) is 8.60. The van der Waals surface area contributed by atoms with Crippen molar-refractivity contribution in [3.8, 4) is 22.3 Å². The number of amidine groups is 2. The van der Waals surface area contributed by atoms with Gasteiger partial charge < -0.3 is 8.83 Å². The molecule has 0 aliphatic carbocycles. The first-order chi connectivity index (χ1) is 29.2. The Morgan fingerprint density at radius 2 is 1.07 bits per heavy atom. The average molecular weight is 758 g/mol. The van der Waals surface area contributed by atoms with Crippen molar-refractivity contribution in [1.82, 2.24) is 0 Å². The third-order valence-electron chi connectivity index (χ3n) is 11.3. The summed E-state index contributed by atoms with van der Waals surface area (Å²) in [5.41, 5.74) is 10.6. The maximum atomic E-state index is 6.51. The zero-order chi connectivity index (χ0) is 39.3. The molecule has 0 N–H and O–H groups in total. The first-order valence-electron chi connectivity index (χ1n) is 19.7. The molecule has 0 aliphatic rings. The van der Waals surface area contributed by atoms with E-state index in [0.29, 0.717) is 18.2 Å². The molecule has 2 heterocycles. The molecule has 0 atom stereocenters. The molecule has 0 saturated carbocycles. The standard InChI is InChI=1S/C54H35N3O2/c1-55-53(57-54(56-33-34-14-3-2-4-15-34)45-24-13-27-50-52(45)44-21-9-10-25-47(44)58-50)43-30-29-41(39-19-7-8-20-40(39)43)42-23-12-26-49-51(42)46-32-36(28-31-48(46)59-49)38-22-11-17-35-16-5-6-18-37(35)38/h2-32H,1,33H2. The van der Waals surface area contributed by atoms with Gasteiger partial charge in [0, 0.05) is 32.7 Å². The van der Waals surface area contributed by atoms with E-state index in [-0.39, 0.29) is 0 Å². The summed E-state index contributed by atoms with van der Waals surface area (Å²) in [5, 5.41) is 8.64. The maximum absolute atomic E-state index is 6.51. The molecule has 59 heavy (non-hydrogen) atoms. The summed E-state index contributed by atoms with van der Waals surface area (Å²) in [6, 6.07) is 64.9. The number of fused-ring (bicyclic) bond motifs is 8. The van der Waals surface area contributed by atoms with Crippen LogP contribution in [0, 0.1) is 0 Å². The first kappa shape index (κ1) is 34.4. The van der Waals surface area contributed by atoms with E-state index >= 15 is 0 Å². The normalized spacial score (nSPS) is 12.4. The third-order valence-corrected chi connectivity index (χ3v) is 11.3. The van der Waals surface area contributed by atoms with E-state index < -0.39 is 0 Å². The van der Waals surface area contributed by atoms with Gasteiger partial charge in [-0.05, 0) is 92.5 Å². The Labute approximate surface area is 339 Å². The van der Waals surface area contributed by atoms with Gasteiger partial charge in [0.25, 0.3) is 0 Å². The minimum absolute atomic E-state index is 0.445. The Morgan fingerprint density at radius 3 is 1.92 bits per heavy atom. The summed E-state index contributed by atoms with van der Waals surface area (Å²) in [6.45, 7) is 4.49. The maximum Gasteiger partial charge on any atom is 0.161 e. The largest absolute Gasteiger partial charge is 0.456 e. The summed E-state index contributed by atoms with van der Waals surface area (Å²) < 4.78 is 12.8. The number of hydrogen-bond acceptors (Lipinski definition) is 3. The van der Waals surface area contributed by atoms with Gasteiger partial charge >= 0.3 is 0 Å². The number of rotatable bonds is 6. The Morgan fingerprint density at radius 1 is 0.424 bits per heavy atom. The predicted octanol–water partition coefficient (Wildman–Crippen LogP) is 14.2. The molecule has 0 aliphatic heterocycles. The highest BCUT2D eigenvalue weighted by molar-refractivity contribution is 6.24. The Bertz CT molecular complexity index is 3490. The van der Waals surface area contributed by atoms with Crippen LogP contribution in [0.1, 0.15) is 16.7 Å². The number of nitrogens with zero attached hydrogens (tertiary/aromatic N) is 3. The first-order valence-corrected chi connectivity index (χ1v) is 19.7. The lowest BCUT2D eigenvalue weighted by Crippen LogP contribution is -2.07. The molecular weight excluding hydrogens is 723 g/mol. The molecule has 0 spiro atoms. The van der Waals surface area contributed by atoms with Gasteiger partial charge in [0.15, 0.2) is 11.7 Å². The van der Waals surface area contributed by atoms with Crippen molar-refractivity contribution < 1.29 is 8.83 Å². The van der Waals surface area contributed by atoms with Crippen molar-refractivity contribution in [2.75, 3.05) is 0 Å². The van der Waals surface area contributed by atoms with E-state index in [1.165, 1.54) is 16.3 Å². The number of benzene rings is 9. The molecule has 0 fully saturated rings. The van der Waals surface area contributed by atoms with E-state index in [1.807, 2.05) is 48.5 Å². The Balaban J connectivity index is 1.08. The second-order valence-electron chi connectivity index (χ2n) is 14.7. The van der Waals surface area contributed by atoms with Crippen LogP contribution in [0.25, 0.3) is 87.7 Å². The molecule has 11 aromatic rings. The lowest BCUT2D eigenvalue weighted by atomic mass is 9.91. The van der Waals surface area contributed by atoms with Crippen LogP contribution in [0.2, 0.25) is 0 Å². The molecule has 0 bridgehead atoms. The van der Waals surface area contributed by atoms with Crippen molar-refractivity contribution in [2.24, 2.45) is 15.0 Å². The second kappa shape index (κ2) is 14.2. The molecule has 11 rings (SSSR count). The quantitative estimate of drug-likeness (QED) is 0.125. The van der Waals surface area contributed by atoms with Crippen LogP contribution in [-0.4, -0.2) is 18.4 Å². The Hall–Kier alpha value is -7.89. The summed E-state index contributed by atoms with van der Waals surface area (Å²) in [7, 11) is 0. The molecule has 0 radical (unpaired) electrons. The molecule has 0 unspecified atom stereocenters. The topological polar surface area (TPSA) is 63.4 Å². The van der Waals surface area contributed by atoms with E-state index in [0.717, 1.165) is 88.0 Å². The van der Waals surface area contributed by atoms with Gasteiger partial charge in [-0.25, -0.2) is 9.98 Å². The highest BCUT2D eigenvalue weighted by atomic mass is 16.3. The molecule has 2 aromatic heterocycles. The third kappa shape index (κ3) is 5.91. The minimum atomic E-state index is 0.445. The summed E-state index contributed by atoms with van der Waals surface area (Å²) in [4.78, 5) is 15.0. The van der Waals surface area contributed by atoms with Gasteiger partial charge in [-0.3, -0.25) is 4.99 Å². The molecule has 9 aromatic carbocycles. The highest BCUT2D eigenvalue weighted by Crippen LogP contribution is 2.42. The van der Waals surface area contributed by atoms with Crippen LogP contribution in [0.5, 0.6) is 0 Å². The van der Waals surface area contributed by atoms with Gasteiger partial charge in [-0.15, -0.1) is 0 Å². The van der Waals surface area contributed by atoms with E-state index in [1.54, 1.807) is 0 Å². The van der Waals surface area contributed by atoms with E-state index in [9.17, 15) is 0 Å². The number of hydrogen-bond donors (Lipinski definition) is 0. The lowest BCUT2D eigenvalue weighted by Gasteiger charge is -2.13. The zero-order valence-electron chi connectivity index (χ0n) is 32.0. The van der Waals surface area contributed by atoms with Crippen LogP contribution >= 0.6 is 0 Å². The van der Waals surface area contributed by atoms with Crippen LogP contribution in [0.15, 0.2) is 212 Å². The number of furan rings is 2. The second-order valence-corrected chi connectivity index (χ2v) is 14.7. The number of para-hydroxylation sites is 1. The van der Waals surface area contributed by atoms with Crippen LogP contribution in [0.4, 0.5) is 0 Å². The Kier molecular flexibility index (Phi) is 8.30. The van der Waals surface area contributed by atoms with Gasteiger partial charge in [-0.2, -0.15) is 0 Å². The fourth-order valence-electron chi connectivity index (χ4n) is 8.60. The fraction of sp³-hybridized carbons (Fsp3) is 0.0185. The molecule has 5 heteroatoms. The van der Waals surface area contributed by atoms with Crippen LogP contribution in [-0.2, 0) is 6.54 Å². The molecule has 0 amide bonds.